The molecule has 0 saturated heterocycles. The first-order valence-corrected chi connectivity index (χ1v) is 4.23. The molecule has 5 heteroatoms. The predicted molar refractivity (Wildman–Crippen MR) is 53.3 cm³/mol. The van der Waals surface area contributed by atoms with Gasteiger partial charge in [0.25, 0.3) is 0 Å². The second-order valence-corrected chi connectivity index (χ2v) is 2.98. The zero-order valence-corrected chi connectivity index (χ0v) is 8.44. The minimum Gasteiger partial charge on any atom is -0.512 e. The van der Waals surface area contributed by atoms with Crippen LogP contribution in [0, 0.1) is 13.8 Å². The Morgan fingerprint density at radius 3 is 2.36 bits per heavy atom. The molecule has 0 spiro atoms. The highest BCUT2D eigenvalue weighted by molar-refractivity contribution is 6.33. The van der Waals surface area contributed by atoms with E-state index in [1.807, 2.05) is 6.92 Å². The summed E-state index contributed by atoms with van der Waals surface area (Å²) in [7, 11) is -0.241. The molecule has 0 amide bonds. The van der Waals surface area contributed by atoms with Gasteiger partial charge < -0.3 is 19.4 Å². The van der Waals surface area contributed by atoms with E-state index >= 15 is 0 Å². The first-order chi connectivity index (χ1) is 6.56. The molecule has 0 aliphatic heterocycles. The van der Waals surface area contributed by atoms with Crippen molar-refractivity contribution in [2.24, 2.45) is 0 Å². The monoisotopic (exact) mass is 196 g/mol. The molecule has 0 unspecified atom stereocenters. The molecule has 0 aromatic heterocycles. The SMILES string of the molecule is COc1c(C)ccc(OB(O)O)c1C. The van der Waals surface area contributed by atoms with Crippen LogP contribution >= 0.6 is 0 Å². The van der Waals surface area contributed by atoms with Gasteiger partial charge in [-0.3, -0.25) is 0 Å². The summed E-state index contributed by atoms with van der Waals surface area (Å²) in [6.07, 6.45) is 0. The van der Waals surface area contributed by atoms with E-state index in [1.54, 1.807) is 26.2 Å². The minimum absolute atomic E-state index is 0.405. The van der Waals surface area contributed by atoms with Crippen molar-refractivity contribution in [3.8, 4) is 11.5 Å². The van der Waals surface area contributed by atoms with Gasteiger partial charge in [0, 0.05) is 5.56 Å². The van der Waals surface area contributed by atoms with Crippen LogP contribution in [-0.2, 0) is 0 Å². The summed E-state index contributed by atoms with van der Waals surface area (Å²) < 4.78 is 9.93. The Balaban J connectivity index is 3.08. The van der Waals surface area contributed by atoms with Gasteiger partial charge in [0.2, 0.25) is 0 Å². The summed E-state index contributed by atoms with van der Waals surface area (Å²) in [5, 5.41) is 17.3. The van der Waals surface area contributed by atoms with Crippen LogP contribution in [0.4, 0.5) is 0 Å². The van der Waals surface area contributed by atoms with E-state index in [4.69, 9.17) is 19.4 Å². The quantitative estimate of drug-likeness (QED) is 0.697. The molecule has 0 fully saturated rings. The van der Waals surface area contributed by atoms with Crippen LogP contribution in [0.5, 0.6) is 11.5 Å². The van der Waals surface area contributed by atoms with Crippen molar-refractivity contribution in [2.75, 3.05) is 7.11 Å². The summed E-state index contributed by atoms with van der Waals surface area (Å²) in [5.41, 5.74) is 1.73. The highest BCUT2D eigenvalue weighted by Gasteiger charge is 2.15. The molecular weight excluding hydrogens is 183 g/mol. The van der Waals surface area contributed by atoms with Crippen molar-refractivity contribution >= 4 is 7.32 Å². The number of benzene rings is 1. The molecule has 76 valence electrons. The van der Waals surface area contributed by atoms with Gasteiger partial charge in [-0.25, -0.2) is 0 Å². The molecule has 2 N–H and O–H groups in total. The average Bonchev–Trinajstić information content (AvgIpc) is 2.10. The van der Waals surface area contributed by atoms with Gasteiger partial charge in [-0.15, -0.1) is 0 Å². The van der Waals surface area contributed by atoms with Crippen molar-refractivity contribution < 1.29 is 19.4 Å². The number of ether oxygens (including phenoxy) is 1. The Morgan fingerprint density at radius 2 is 1.86 bits per heavy atom. The fraction of sp³-hybridized carbons (Fsp3) is 0.333. The Kier molecular flexibility index (Phi) is 3.38. The topological polar surface area (TPSA) is 58.9 Å². The van der Waals surface area contributed by atoms with Gasteiger partial charge in [-0.1, -0.05) is 6.07 Å². The van der Waals surface area contributed by atoms with Crippen molar-refractivity contribution in [3.05, 3.63) is 23.3 Å². The fourth-order valence-corrected chi connectivity index (χ4v) is 1.36. The zero-order chi connectivity index (χ0) is 10.7. The maximum Gasteiger partial charge on any atom is 0.707 e. The Labute approximate surface area is 83.3 Å². The second-order valence-electron chi connectivity index (χ2n) is 2.98. The Hall–Kier alpha value is -1.20. The fourth-order valence-electron chi connectivity index (χ4n) is 1.36. The Morgan fingerprint density at radius 1 is 1.21 bits per heavy atom. The molecule has 0 radical (unpaired) electrons. The maximum atomic E-state index is 8.66. The summed E-state index contributed by atoms with van der Waals surface area (Å²) in [6, 6.07) is 3.47. The van der Waals surface area contributed by atoms with Crippen LogP contribution in [0.1, 0.15) is 11.1 Å². The largest absolute Gasteiger partial charge is 0.707 e. The van der Waals surface area contributed by atoms with E-state index in [0.29, 0.717) is 11.5 Å². The molecule has 1 aromatic carbocycles. The van der Waals surface area contributed by atoms with Crippen LogP contribution in [0.25, 0.3) is 0 Å². The summed E-state index contributed by atoms with van der Waals surface area (Å²) in [5.74, 6) is 1.10. The number of rotatable bonds is 3. The van der Waals surface area contributed by atoms with E-state index in [0.717, 1.165) is 11.1 Å². The number of hydrogen-bond acceptors (Lipinski definition) is 4. The van der Waals surface area contributed by atoms with E-state index in [1.165, 1.54) is 0 Å². The molecule has 0 saturated carbocycles. The lowest BCUT2D eigenvalue weighted by Gasteiger charge is -2.13. The van der Waals surface area contributed by atoms with Crippen molar-refractivity contribution in [2.45, 2.75) is 13.8 Å². The smallest absolute Gasteiger partial charge is 0.512 e. The number of hydrogen-bond donors (Lipinski definition) is 2. The molecule has 0 atom stereocenters. The molecule has 14 heavy (non-hydrogen) atoms. The normalized spacial score (nSPS) is 9.79. The number of aryl methyl sites for hydroxylation is 1. The average molecular weight is 196 g/mol. The van der Waals surface area contributed by atoms with E-state index < -0.39 is 7.32 Å². The van der Waals surface area contributed by atoms with Crippen LogP contribution in [-0.4, -0.2) is 24.5 Å². The molecule has 0 aliphatic carbocycles. The highest BCUT2D eigenvalue weighted by atomic mass is 16.6. The van der Waals surface area contributed by atoms with Gasteiger partial charge >= 0.3 is 7.32 Å². The molecule has 0 bridgehead atoms. The standard InChI is InChI=1S/C9H13BO4/c1-6-4-5-8(14-10(11)12)7(2)9(6)13-3/h4-5,11-12H,1-3H3. The van der Waals surface area contributed by atoms with Crippen molar-refractivity contribution in [3.63, 3.8) is 0 Å². The van der Waals surface area contributed by atoms with Crippen LogP contribution in [0.15, 0.2) is 12.1 Å². The molecule has 0 aliphatic rings. The number of methoxy groups -OCH3 is 1. The van der Waals surface area contributed by atoms with Gasteiger partial charge in [0.05, 0.1) is 7.11 Å². The van der Waals surface area contributed by atoms with Gasteiger partial charge in [0.15, 0.2) is 0 Å². The Bertz CT molecular complexity index is 325. The lowest BCUT2D eigenvalue weighted by Crippen LogP contribution is -2.21. The third kappa shape index (κ3) is 2.18. The summed E-state index contributed by atoms with van der Waals surface area (Å²) >= 11 is 0. The second kappa shape index (κ2) is 4.35. The van der Waals surface area contributed by atoms with E-state index in [9.17, 15) is 0 Å². The van der Waals surface area contributed by atoms with Crippen LogP contribution in [0.3, 0.4) is 0 Å². The lowest BCUT2D eigenvalue weighted by atomic mass is 10.1. The molecule has 0 heterocycles. The van der Waals surface area contributed by atoms with Gasteiger partial charge in [-0.05, 0) is 25.5 Å². The maximum absolute atomic E-state index is 8.66. The highest BCUT2D eigenvalue weighted by Crippen LogP contribution is 2.30. The van der Waals surface area contributed by atoms with E-state index in [2.05, 4.69) is 0 Å². The van der Waals surface area contributed by atoms with Crippen LogP contribution in [0.2, 0.25) is 0 Å². The van der Waals surface area contributed by atoms with E-state index in [-0.39, 0.29) is 0 Å². The van der Waals surface area contributed by atoms with Crippen LogP contribution < -0.4 is 9.39 Å². The predicted octanol–water partition coefficient (Wildman–Crippen LogP) is 0.660. The molecule has 4 nitrogen and oxygen atoms in total. The van der Waals surface area contributed by atoms with Crippen molar-refractivity contribution in [1.29, 1.82) is 0 Å². The third-order valence-electron chi connectivity index (χ3n) is 1.99. The zero-order valence-electron chi connectivity index (χ0n) is 8.44. The molecular formula is C9H13BO4. The lowest BCUT2D eigenvalue weighted by molar-refractivity contribution is 0.286. The van der Waals surface area contributed by atoms with Crippen molar-refractivity contribution in [1.82, 2.24) is 0 Å². The minimum atomic E-state index is -1.80. The molecule has 1 aromatic rings. The molecule has 1 rings (SSSR count). The summed E-state index contributed by atoms with van der Waals surface area (Å²) in [4.78, 5) is 0. The first-order valence-electron chi connectivity index (χ1n) is 4.23. The van der Waals surface area contributed by atoms with Gasteiger partial charge in [-0.2, -0.15) is 0 Å². The summed E-state index contributed by atoms with van der Waals surface area (Å²) in [6.45, 7) is 3.70. The third-order valence-corrected chi connectivity index (χ3v) is 1.99. The van der Waals surface area contributed by atoms with Gasteiger partial charge in [0.1, 0.15) is 11.5 Å². The first kappa shape index (κ1) is 10.9.